The fourth-order valence-electron chi connectivity index (χ4n) is 0.645. The number of nitrogens with one attached hydrogen (secondary N) is 1. The van der Waals surface area contributed by atoms with Gasteiger partial charge in [-0.25, -0.2) is 0 Å². The second-order valence-corrected chi connectivity index (χ2v) is 3.56. The van der Waals surface area contributed by atoms with Crippen molar-refractivity contribution in [3.8, 4) is 0 Å². The molecule has 0 saturated heterocycles. The molecule has 1 aromatic rings. The Labute approximate surface area is 96.4 Å². The maximum atomic E-state index is 9.52. The summed E-state index contributed by atoms with van der Waals surface area (Å²) in [6, 6.07) is 8.22. The van der Waals surface area contributed by atoms with Crippen LogP contribution in [0, 0.1) is 6.92 Å². The molecule has 0 aliphatic heterocycles. The summed E-state index contributed by atoms with van der Waals surface area (Å²) in [6.45, 7) is 1.72. The topological polar surface area (TPSA) is 66.4 Å². The maximum absolute atomic E-state index is 9.52. The van der Waals surface area contributed by atoms with Crippen LogP contribution in [-0.2, 0) is 9.59 Å². The molecule has 16 heavy (non-hydrogen) atoms. The summed E-state index contributed by atoms with van der Waals surface area (Å²) in [7, 11) is 0. The van der Waals surface area contributed by atoms with Crippen LogP contribution in [-0.4, -0.2) is 24.0 Å². The molecule has 0 unspecified atom stereocenters. The third-order valence-corrected chi connectivity index (χ3v) is 1.85. The van der Waals surface area contributed by atoms with Gasteiger partial charge >= 0.3 is 5.97 Å². The zero-order chi connectivity index (χ0) is 11.7. The predicted octanol–water partition coefficient (Wildman–Crippen LogP) is 1.49. The number of benzene rings is 1. The fourth-order valence-corrected chi connectivity index (χ4v) is 0.909. The molecule has 0 aliphatic carbocycles. The fraction of sp³-hybridized carbons (Fsp3) is 0.200. The second-order valence-electron chi connectivity index (χ2n) is 2.64. The number of aliphatic carboxylic acids is 1. The van der Waals surface area contributed by atoms with Crippen LogP contribution in [0.25, 0.3) is 0 Å². The number of amides is 1. The van der Waals surface area contributed by atoms with E-state index in [9.17, 15) is 9.59 Å². The number of halogens is 1. The summed E-state index contributed by atoms with van der Waals surface area (Å²) in [4.78, 5) is 18.7. The van der Waals surface area contributed by atoms with Crippen molar-refractivity contribution < 1.29 is 14.7 Å². The Balaban J connectivity index is 0. The van der Waals surface area contributed by atoms with Gasteiger partial charge in [-0.15, -0.1) is 0 Å². The molecule has 2 N–H and O–H groups in total. The van der Waals surface area contributed by atoms with Gasteiger partial charge in [-0.2, -0.15) is 6.41 Å². The van der Waals surface area contributed by atoms with Crippen LogP contribution >= 0.6 is 15.9 Å². The van der Waals surface area contributed by atoms with E-state index in [0.29, 0.717) is 0 Å². The zero-order valence-electron chi connectivity index (χ0n) is 8.45. The Morgan fingerprint density at radius 1 is 1.44 bits per heavy atom. The van der Waals surface area contributed by atoms with Crippen LogP contribution < -0.4 is 5.32 Å². The molecule has 0 aromatic heterocycles. The first-order valence-corrected chi connectivity index (χ1v) is 4.89. The SMILES string of the molecule is Cc1ccc(Br)cc1.O=[C-]NCC(=O)O.[Fm]. The van der Waals surface area contributed by atoms with Crippen LogP contribution in [0.2, 0.25) is 0 Å². The molecule has 4 nitrogen and oxygen atoms in total. The van der Waals surface area contributed by atoms with Crippen LogP contribution in [0.5, 0.6) is 0 Å². The first-order chi connectivity index (χ1) is 7.06. The molecule has 94 valence electrons. The van der Waals surface area contributed by atoms with Crippen molar-refractivity contribution in [3.63, 3.8) is 0 Å². The van der Waals surface area contributed by atoms with Crippen LogP contribution in [0.4, 0.5) is 0 Å². The number of carboxylic acid groups (broad SMARTS) is 1. The summed E-state index contributed by atoms with van der Waals surface area (Å²) in [6.07, 6.45) is 1.22. The van der Waals surface area contributed by atoms with Gasteiger partial charge in [0.15, 0.2) is 0 Å². The molecule has 0 saturated carbocycles. The maximum Gasteiger partial charge on any atom is 0.320 e. The van der Waals surface area contributed by atoms with Gasteiger partial charge in [0.25, 0.3) is 0 Å². The molecule has 0 atom stereocenters. The predicted molar refractivity (Wildman–Crippen MR) is 60.2 cm³/mol. The number of carbonyl (C=O) groups excluding carboxylic acids is 1. The molecular weight excluding hydrogens is 519 g/mol. The first-order valence-electron chi connectivity index (χ1n) is 4.10. The monoisotopic (exact) mass is 529 g/mol. The van der Waals surface area contributed by atoms with E-state index in [0.717, 1.165) is 4.47 Å². The van der Waals surface area contributed by atoms with E-state index in [-0.39, 0.29) is 6.54 Å². The van der Waals surface area contributed by atoms with Gasteiger partial charge in [-0.05, 0) is 19.1 Å². The van der Waals surface area contributed by atoms with Crippen molar-refractivity contribution in [2.45, 2.75) is 6.92 Å². The van der Waals surface area contributed by atoms with E-state index in [4.69, 9.17) is 5.11 Å². The molecule has 0 aliphatic rings. The molecule has 6 heteroatoms. The molecular formula is C10H11BrFmNO3-. The van der Waals surface area contributed by atoms with E-state index in [1.807, 2.05) is 17.4 Å². The normalized spacial score (nSPS) is 7.88. The minimum Gasteiger partial charge on any atom is -0.521 e. The number of aryl methyl sites for hydroxylation is 1. The van der Waals surface area contributed by atoms with Gasteiger partial charge in [0.05, 0.1) is 6.54 Å². The summed E-state index contributed by atoms with van der Waals surface area (Å²) in [5.74, 6) is -1.07. The number of rotatable bonds is 3. The van der Waals surface area contributed by atoms with Gasteiger partial charge in [-0.1, -0.05) is 33.6 Å². The van der Waals surface area contributed by atoms with Crippen LogP contribution in [0.1, 0.15) is 5.56 Å². The summed E-state index contributed by atoms with van der Waals surface area (Å²) in [5.41, 5.74) is 1.30. The Hall–Kier alpha value is -2.36. The Morgan fingerprint density at radius 2 is 1.94 bits per heavy atom. The van der Waals surface area contributed by atoms with Crippen LogP contribution in [0.15, 0.2) is 28.7 Å². The van der Waals surface area contributed by atoms with Crippen molar-refractivity contribution in [1.29, 1.82) is 0 Å². The minimum atomic E-state index is -1.07. The van der Waals surface area contributed by atoms with Crippen molar-refractivity contribution in [2.24, 2.45) is 0 Å². The minimum absolute atomic E-state index is 0. The average molecular weight is 530 g/mol. The second kappa shape index (κ2) is 9.21. The molecule has 1 rings (SSSR count). The standard InChI is InChI=1S/C7H7Br.C3H4NO3.Fm/c1-6-2-4-7(8)5-3-6;5-2-4-1-3(6)7;/h2-5H,1H3;1H2,(H,4,5)(H,6,7);/q;-1;. The molecule has 1 aromatic carbocycles. The van der Waals surface area contributed by atoms with Gasteiger partial charge in [0, 0.05) is 4.47 Å². The number of hydrogen-bond acceptors (Lipinski definition) is 2. The Morgan fingerprint density at radius 3 is 2.19 bits per heavy atom. The number of carboxylic acids is 1. The third-order valence-electron chi connectivity index (χ3n) is 1.32. The smallest absolute Gasteiger partial charge is 0.320 e. The Bertz CT molecular complexity index is 295. The van der Waals surface area contributed by atoms with E-state index < -0.39 is 5.97 Å². The molecule has 1 amide bonds. The van der Waals surface area contributed by atoms with E-state index in [1.165, 1.54) is 12.0 Å². The van der Waals surface area contributed by atoms with Gasteiger partial charge in [0.2, 0.25) is 0 Å². The molecule has 0 bridgehead atoms. The first kappa shape index (κ1) is 16.1. The molecule has 0 heterocycles. The van der Waals surface area contributed by atoms with Gasteiger partial charge in [0.1, 0.15) is 0 Å². The number of hydrogen-bond donors (Lipinski definition) is 2. The molecule has 0 fully saturated rings. The van der Waals surface area contributed by atoms with Gasteiger partial charge in [-0.3, -0.25) is 4.79 Å². The average Bonchev–Trinajstić information content (AvgIpc) is 2.20. The quantitative estimate of drug-likeness (QED) is 0.460. The summed E-state index contributed by atoms with van der Waals surface area (Å²) in [5, 5.41) is 9.65. The Kier molecular flexibility index (Phi) is 9.25. The van der Waals surface area contributed by atoms with E-state index in [1.54, 1.807) is 0 Å². The molecule has 0 spiro atoms. The largest absolute Gasteiger partial charge is 0.521 e. The van der Waals surface area contributed by atoms with Crippen LogP contribution in [0.3, 0.4) is 0 Å². The van der Waals surface area contributed by atoms with E-state index >= 15 is 0 Å². The van der Waals surface area contributed by atoms with E-state index in [2.05, 4.69) is 35.0 Å². The third kappa shape index (κ3) is 9.73. The zero-order valence-corrected chi connectivity index (χ0v) is 12.4. The van der Waals surface area contributed by atoms with Crippen molar-refractivity contribution in [1.82, 2.24) is 5.32 Å². The number of carbonyl (C=O) groups is 1. The van der Waals surface area contributed by atoms with Gasteiger partial charge < -0.3 is 15.2 Å². The summed E-state index contributed by atoms with van der Waals surface area (Å²) >= 11 is 3.35. The van der Waals surface area contributed by atoms with Crippen molar-refractivity contribution in [2.75, 3.05) is 6.54 Å². The van der Waals surface area contributed by atoms with Crippen molar-refractivity contribution >= 4 is 28.3 Å². The molecule has 0 radical (unpaired) electrons. The summed E-state index contributed by atoms with van der Waals surface area (Å²) < 4.78 is 1.14. The van der Waals surface area contributed by atoms with Crippen molar-refractivity contribution in [3.05, 3.63) is 34.3 Å².